The summed E-state index contributed by atoms with van der Waals surface area (Å²) in [6.45, 7) is 4.27. The first-order chi connectivity index (χ1) is 10.3. The van der Waals surface area contributed by atoms with Gasteiger partial charge in [-0.3, -0.25) is 0 Å². The van der Waals surface area contributed by atoms with Crippen molar-refractivity contribution >= 4 is 5.69 Å². The summed E-state index contributed by atoms with van der Waals surface area (Å²) in [6.07, 6.45) is -1.22. The first kappa shape index (κ1) is 16.2. The van der Waals surface area contributed by atoms with Crippen LogP contribution in [0.25, 0.3) is 0 Å². The average Bonchev–Trinajstić information content (AvgIpc) is 2.96. The van der Waals surface area contributed by atoms with E-state index in [2.05, 4.69) is 9.97 Å². The number of hydrogen-bond acceptors (Lipinski definition) is 3. The number of aromatic nitrogens is 2. The van der Waals surface area contributed by atoms with Gasteiger partial charge >= 0.3 is 6.18 Å². The Kier molecular flexibility index (Phi) is 4.63. The van der Waals surface area contributed by atoms with Crippen molar-refractivity contribution in [3.8, 4) is 5.75 Å². The van der Waals surface area contributed by atoms with E-state index in [9.17, 15) is 13.2 Å². The molecule has 1 aromatic carbocycles. The summed E-state index contributed by atoms with van der Waals surface area (Å²) in [7, 11) is 1.36. The second kappa shape index (κ2) is 6.29. The first-order valence-electron chi connectivity index (χ1n) is 6.81. The summed E-state index contributed by atoms with van der Waals surface area (Å²) >= 11 is 0. The maximum Gasteiger partial charge on any atom is 0.416 e. The van der Waals surface area contributed by atoms with Crippen LogP contribution in [0.15, 0.2) is 30.7 Å². The molecular weight excluding hydrogens is 295 g/mol. The van der Waals surface area contributed by atoms with Gasteiger partial charge in [-0.2, -0.15) is 13.2 Å². The van der Waals surface area contributed by atoms with Gasteiger partial charge in [0, 0.05) is 24.0 Å². The summed E-state index contributed by atoms with van der Waals surface area (Å²) in [4.78, 5) is 8.74. The number of aromatic amines is 1. The number of rotatable bonds is 5. The topological polar surface area (TPSA) is 41.1 Å². The van der Waals surface area contributed by atoms with Crippen molar-refractivity contribution in [2.24, 2.45) is 0 Å². The van der Waals surface area contributed by atoms with Gasteiger partial charge in [-0.15, -0.1) is 0 Å². The maximum atomic E-state index is 13.0. The molecule has 0 saturated heterocycles. The molecule has 1 N–H and O–H groups in total. The van der Waals surface area contributed by atoms with Crippen LogP contribution in [0.2, 0.25) is 0 Å². The fraction of sp³-hybridized carbons (Fsp3) is 0.400. The minimum atomic E-state index is -4.42. The molecule has 1 aromatic heterocycles. The number of nitrogens with one attached hydrogen (secondary N) is 1. The number of alkyl halides is 3. The maximum absolute atomic E-state index is 13.0. The molecule has 2 rings (SSSR count). The summed E-state index contributed by atoms with van der Waals surface area (Å²) < 4.78 is 44.1. The molecule has 0 unspecified atom stereocenters. The van der Waals surface area contributed by atoms with Crippen molar-refractivity contribution in [1.82, 2.24) is 9.97 Å². The molecule has 0 saturated carbocycles. The Morgan fingerprint density at radius 3 is 2.50 bits per heavy atom. The van der Waals surface area contributed by atoms with Gasteiger partial charge in [0.2, 0.25) is 0 Å². The van der Waals surface area contributed by atoms with Gasteiger partial charge in [0.25, 0.3) is 0 Å². The molecule has 0 bridgehead atoms. The van der Waals surface area contributed by atoms with Crippen molar-refractivity contribution in [2.45, 2.75) is 32.6 Å². The van der Waals surface area contributed by atoms with E-state index in [0.29, 0.717) is 12.2 Å². The van der Waals surface area contributed by atoms with E-state index in [1.165, 1.54) is 7.11 Å². The van der Waals surface area contributed by atoms with Crippen molar-refractivity contribution < 1.29 is 17.9 Å². The second-order valence-corrected chi connectivity index (χ2v) is 5.22. The smallest absolute Gasteiger partial charge is 0.416 e. The van der Waals surface area contributed by atoms with E-state index < -0.39 is 11.7 Å². The number of hydrogen-bond donors (Lipinski definition) is 1. The molecule has 0 aliphatic heterocycles. The predicted molar refractivity (Wildman–Crippen MR) is 77.9 cm³/mol. The molecule has 0 fully saturated rings. The summed E-state index contributed by atoms with van der Waals surface area (Å²) in [5.41, 5.74) is 0.554. The summed E-state index contributed by atoms with van der Waals surface area (Å²) in [5, 5.41) is 0. The Morgan fingerprint density at radius 2 is 2.00 bits per heavy atom. The van der Waals surface area contributed by atoms with Crippen LogP contribution in [0.4, 0.5) is 18.9 Å². The molecule has 0 amide bonds. The molecule has 22 heavy (non-hydrogen) atoms. The molecule has 2 aromatic rings. The van der Waals surface area contributed by atoms with Gasteiger partial charge < -0.3 is 14.6 Å². The molecule has 0 aliphatic carbocycles. The van der Waals surface area contributed by atoms with Gasteiger partial charge in [-0.1, -0.05) is 0 Å². The van der Waals surface area contributed by atoms with Crippen LogP contribution in [0, 0.1) is 0 Å². The third kappa shape index (κ3) is 3.72. The zero-order chi connectivity index (χ0) is 16.3. The largest absolute Gasteiger partial charge is 0.497 e. The lowest BCUT2D eigenvalue weighted by atomic mass is 10.1. The number of nitrogens with zero attached hydrogens (tertiary/aromatic N) is 2. The van der Waals surface area contributed by atoms with Crippen molar-refractivity contribution in [1.29, 1.82) is 0 Å². The highest BCUT2D eigenvalue weighted by Gasteiger charge is 2.32. The minimum absolute atomic E-state index is 0.0106. The summed E-state index contributed by atoms with van der Waals surface area (Å²) in [5.74, 6) is 0.181. The Bertz CT molecular complexity index is 609. The van der Waals surface area contributed by atoms with Crippen LogP contribution in [-0.2, 0) is 12.7 Å². The SMILES string of the molecule is COc1cc(N(Cc2cnc[nH]2)C(C)C)cc(C(F)(F)F)c1. The van der Waals surface area contributed by atoms with Gasteiger partial charge in [0.15, 0.2) is 0 Å². The predicted octanol–water partition coefficient (Wildman–Crippen LogP) is 3.85. The standard InChI is InChI=1S/C15H18F3N3O/c1-10(2)21(8-12-7-19-9-20-12)13-4-11(15(16,17)18)5-14(6-13)22-3/h4-7,9-10H,8H2,1-3H3,(H,19,20). The molecule has 4 nitrogen and oxygen atoms in total. The number of imidazole rings is 1. The molecule has 120 valence electrons. The zero-order valence-electron chi connectivity index (χ0n) is 12.6. The minimum Gasteiger partial charge on any atom is -0.497 e. The first-order valence-corrected chi connectivity index (χ1v) is 6.81. The van der Waals surface area contributed by atoms with E-state index in [1.807, 2.05) is 18.7 Å². The van der Waals surface area contributed by atoms with Crippen LogP contribution in [0.1, 0.15) is 25.1 Å². The number of halogens is 3. The number of ether oxygens (including phenoxy) is 1. The molecule has 7 heteroatoms. The van der Waals surface area contributed by atoms with Gasteiger partial charge in [-0.05, 0) is 26.0 Å². The Labute approximate surface area is 126 Å². The average molecular weight is 313 g/mol. The van der Waals surface area contributed by atoms with Crippen LogP contribution in [0.3, 0.4) is 0 Å². The highest BCUT2D eigenvalue weighted by Crippen LogP contribution is 2.36. The third-order valence-corrected chi connectivity index (χ3v) is 3.30. The van der Waals surface area contributed by atoms with Crippen molar-refractivity contribution in [2.75, 3.05) is 12.0 Å². The molecule has 1 heterocycles. The molecular formula is C15H18F3N3O. The van der Waals surface area contributed by atoms with Crippen molar-refractivity contribution in [3.05, 3.63) is 42.0 Å². The summed E-state index contributed by atoms with van der Waals surface area (Å²) in [6, 6.07) is 3.75. The highest BCUT2D eigenvalue weighted by atomic mass is 19.4. The van der Waals surface area contributed by atoms with E-state index in [-0.39, 0.29) is 11.8 Å². The normalized spacial score (nSPS) is 11.8. The van der Waals surface area contributed by atoms with E-state index in [1.54, 1.807) is 18.6 Å². The number of anilines is 1. The molecule has 0 aliphatic rings. The van der Waals surface area contributed by atoms with Crippen LogP contribution >= 0.6 is 0 Å². The lowest BCUT2D eigenvalue weighted by molar-refractivity contribution is -0.137. The van der Waals surface area contributed by atoms with E-state index >= 15 is 0 Å². The molecule has 0 atom stereocenters. The monoisotopic (exact) mass is 313 g/mol. The van der Waals surface area contributed by atoms with Gasteiger partial charge in [0.1, 0.15) is 5.75 Å². The second-order valence-electron chi connectivity index (χ2n) is 5.22. The zero-order valence-corrected chi connectivity index (χ0v) is 12.6. The molecule has 0 radical (unpaired) electrons. The Morgan fingerprint density at radius 1 is 1.27 bits per heavy atom. The number of benzene rings is 1. The van der Waals surface area contributed by atoms with E-state index in [4.69, 9.17) is 4.74 Å². The van der Waals surface area contributed by atoms with Crippen LogP contribution in [0.5, 0.6) is 5.75 Å². The lowest BCUT2D eigenvalue weighted by Crippen LogP contribution is -2.30. The number of methoxy groups -OCH3 is 1. The quantitative estimate of drug-likeness (QED) is 0.911. The highest BCUT2D eigenvalue weighted by molar-refractivity contribution is 5.54. The third-order valence-electron chi connectivity index (χ3n) is 3.30. The fourth-order valence-corrected chi connectivity index (χ4v) is 2.16. The van der Waals surface area contributed by atoms with Crippen molar-refractivity contribution in [3.63, 3.8) is 0 Å². The lowest BCUT2D eigenvalue weighted by Gasteiger charge is -2.29. The Balaban J connectivity index is 2.42. The number of H-pyrrole nitrogens is 1. The van der Waals surface area contributed by atoms with Gasteiger partial charge in [-0.25, -0.2) is 4.98 Å². The fourth-order valence-electron chi connectivity index (χ4n) is 2.16. The van der Waals surface area contributed by atoms with Crippen LogP contribution < -0.4 is 9.64 Å². The van der Waals surface area contributed by atoms with Gasteiger partial charge in [0.05, 0.1) is 31.2 Å². The Hall–Kier alpha value is -2.18. The van der Waals surface area contributed by atoms with Crippen LogP contribution in [-0.4, -0.2) is 23.1 Å². The van der Waals surface area contributed by atoms with E-state index in [0.717, 1.165) is 17.8 Å². The molecule has 0 spiro atoms.